The van der Waals surface area contributed by atoms with E-state index in [1.54, 1.807) is 0 Å². The fraction of sp³-hybridized carbons (Fsp3) is 0.917. The first-order valence-corrected chi connectivity index (χ1v) is 6.39. The second-order valence-corrected chi connectivity index (χ2v) is 4.92. The smallest absolute Gasteiger partial charge is 0.239 e. The molecule has 2 aliphatic heterocycles. The molecule has 1 amide bonds. The molecule has 1 unspecified atom stereocenters. The summed E-state index contributed by atoms with van der Waals surface area (Å²) in [5, 5.41) is 9.27. The van der Waals surface area contributed by atoms with Crippen LogP contribution in [0.15, 0.2) is 0 Å². The maximum atomic E-state index is 12.2. The van der Waals surface area contributed by atoms with E-state index in [4.69, 9.17) is 0 Å². The molecule has 16 heavy (non-hydrogen) atoms. The lowest BCUT2D eigenvalue weighted by molar-refractivity contribution is -0.135. The van der Waals surface area contributed by atoms with E-state index in [0.29, 0.717) is 0 Å². The van der Waals surface area contributed by atoms with E-state index in [1.807, 2.05) is 11.8 Å². The molecular formula is C12H22N2O2. The Hall–Kier alpha value is -0.610. The standard InChI is InChI=1S/C12H22N2O2/c1-10(12(16)13-6-2-3-7-13)14-8-4-5-11(14)9-15/h10-11,15H,2-9H2,1H3/t10?,11-/m1/s1. The zero-order valence-corrected chi connectivity index (χ0v) is 10.1. The van der Waals surface area contributed by atoms with Crippen LogP contribution in [0.1, 0.15) is 32.6 Å². The molecule has 1 N–H and O–H groups in total. The first kappa shape index (κ1) is 11.9. The number of rotatable bonds is 3. The summed E-state index contributed by atoms with van der Waals surface area (Å²) < 4.78 is 0. The van der Waals surface area contributed by atoms with Gasteiger partial charge in [0.15, 0.2) is 0 Å². The summed E-state index contributed by atoms with van der Waals surface area (Å²) in [5.41, 5.74) is 0. The molecule has 0 saturated carbocycles. The average molecular weight is 226 g/mol. The van der Waals surface area contributed by atoms with E-state index in [9.17, 15) is 9.90 Å². The summed E-state index contributed by atoms with van der Waals surface area (Å²) in [6, 6.07) is 0.138. The number of aliphatic hydroxyl groups is 1. The molecule has 2 atom stereocenters. The van der Waals surface area contributed by atoms with Crippen molar-refractivity contribution < 1.29 is 9.90 Å². The van der Waals surface area contributed by atoms with Gasteiger partial charge in [0, 0.05) is 19.1 Å². The fourth-order valence-corrected chi connectivity index (χ4v) is 2.91. The van der Waals surface area contributed by atoms with Gasteiger partial charge in [0.1, 0.15) is 0 Å². The van der Waals surface area contributed by atoms with Gasteiger partial charge in [-0.3, -0.25) is 9.69 Å². The van der Waals surface area contributed by atoms with Gasteiger partial charge in [0.25, 0.3) is 0 Å². The van der Waals surface area contributed by atoms with Crippen molar-refractivity contribution in [2.45, 2.75) is 44.7 Å². The zero-order valence-electron chi connectivity index (χ0n) is 10.1. The number of hydrogen-bond donors (Lipinski definition) is 1. The van der Waals surface area contributed by atoms with Crippen molar-refractivity contribution in [3.63, 3.8) is 0 Å². The molecule has 4 nitrogen and oxygen atoms in total. The molecule has 0 spiro atoms. The number of amides is 1. The molecule has 4 heteroatoms. The number of carbonyl (C=O) groups excluding carboxylic acids is 1. The third kappa shape index (κ3) is 2.23. The second kappa shape index (κ2) is 5.15. The van der Waals surface area contributed by atoms with E-state index in [1.165, 1.54) is 0 Å². The van der Waals surface area contributed by atoms with E-state index in [0.717, 1.165) is 45.3 Å². The minimum Gasteiger partial charge on any atom is -0.395 e. The quantitative estimate of drug-likeness (QED) is 0.760. The number of likely N-dealkylation sites (tertiary alicyclic amines) is 2. The largest absolute Gasteiger partial charge is 0.395 e. The van der Waals surface area contributed by atoms with Crippen molar-refractivity contribution in [1.29, 1.82) is 0 Å². The van der Waals surface area contributed by atoms with Crippen LogP contribution in [0, 0.1) is 0 Å². The monoisotopic (exact) mass is 226 g/mol. The van der Waals surface area contributed by atoms with Crippen LogP contribution in [-0.2, 0) is 4.79 Å². The maximum Gasteiger partial charge on any atom is 0.239 e. The Labute approximate surface area is 97.2 Å². The molecule has 0 bridgehead atoms. The summed E-state index contributed by atoms with van der Waals surface area (Å²) in [6.45, 7) is 4.94. The van der Waals surface area contributed by atoms with Gasteiger partial charge < -0.3 is 10.0 Å². The molecule has 2 aliphatic rings. The molecule has 0 aliphatic carbocycles. The molecule has 0 aromatic carbocycles. The second-order valence-electron chi connectivity index (χ2n) is 4.92. The van der Waals surface area contributed by atoms with Crippen molar-refractivity contribution in [3.8, 4) is 0 Å². The molecule has 0 aromatic heterocycles. The van der Waals surface area contributed by atoms with Gasteiger partial charge in [-0.25, -0.2) is 0 Å². The zero-order chi connectivity index (χ0) is 11.5. The Balaban J connectivity index is 1.94. The SMILES string of the molecule is CC(C(=O)N1CCCC1)N1CCC[C@@H]1CO. The summed E-state index contributed by atoms with van der Waals surface area (Å²) in [7, 11) is 0. The molecule has 0 radical (unpaired) electrons. The lowest BCUT2D eigenvalue weighted by Crippen LogP contribution is -2.49. The van der Waals surface area contributed by atoms with Gasteiger partial charge in [-0.1, -0.05) is 0 Å². The summed E-state index contributed by atoms with van der Waals surface area (Å²) in [6.07, 6.45) is 4.40. The van der Waals surface area contributed by atoms with Gasteiger partial charge >= 0.3 is 0 Å². The lowest BCUT2D eigenvalue weighted by Gasteiger charge is -2.31. The highest BCUT2D eigenvalue weighted by molar-refractivity contribution is 5.81. The highest BCUT2D eigenvalue weighted by Crippen LogP contribution is 2.21. The van der Waals surface area contributed by atoms with Crippen LogP contribution < -0.4 is 0 Å². The third-order valence-electron chi connectivity index (χ3n) is 3.91. The summed E-state index contributed by atoms with van der Waals surface area (Å²) >= 11 is 0. The molecule has 2 heterocycles. The van der Waals surface area contributed by atoms with Gasteiger partial charge in [-0.15, -0.1) is 0 Å². The highest BCUT2D eigenvalue weighted by Gasteiger charge is 2.34. The molecule has 0 aromatic rings. The van der Waals surface area contributed by atoms with E-state index < -0.39 is 0 Å². The van der Waals surface area contributed by atoms with Crippen molar-refractivity contribution in [1.82, 2.24) is 9.80 Å². The van der Waals surface area contributed by atoms with Crippen LogP contribution in [0.2, 0.25) is 0 Å². The number of hydrogen-bond acceptors (Lipinski definition) is 3. The van der Waals surface area contributed by atoms with Gasteiger partial charge in [-0.2, -0.15) is 0 Å². The average Bonchev–Trinajstić information content (AvgIpc) is 2.97. The molecule has 2 fully saturated rings. The first-order valence-electron chi connectivity index (χ1n) is 6.39. The van der Waals surface area contributed by atoms with Crippen molar-refractivity contribution in [2.75, 3.05) is 26.2 Å². The van der Waals surface area contributed by atoms with E-state index in [-0.39, 0.29) is 24.6 Å². The predicted octanol–water partition coefficient (Wildman–Crippen LogP) is 0.454. The Morgan fingerprint density at radius 3 is 2.62 bits per heavy atom. The molecule has 92 valence electrons. The van der Waals surface area contributed by atoms with Gasteiger partial charge in [0.2, 0.25) is 5.91 Å². The summed E-state index contributed by atoms with van der Waals surface area (Å²) in [4.78, 5) is 16.3. The van der Waals surface area contributed by atoms with Crippen LogP contribution in [0.25, 0.3) is 0 Å². The van der Waals surface area contributed by atoms with Gasteiger partial charge in [0.05, 0.1) is 12.6 Å². The maximum absolute atomic E-state index is 12.2. The van der Waals surface area contributed by atoms with Crippen LogP contribution in [0.4, 0.5) is 0 Å². The number of aliphatic hydroxyl groups excluding tert-OH is 1. The Morgan fingerprint density at radius 2 is 2.00 bits per heavy atom. The lowest BCUT2D eigenvalue weighted by atomic mass is 10.2. The van der Waals surface area contributed by atoms with Crippen LogP contribution >= 0.6 is 0 Å². The predicted molar refractivity (Wildman–Crippen MR) is 62.1 cm³/mol. The minimum atomic E-state index is -0.0576. The third-order valence-corrected chi connectivity index (χ3v) is 3.91. The Kier molecular flexibility index (Phi) is 3.82. The van der Waals surface area contributed by atoms with Crippen LogP contribution in [0.5, 0.6) is 0 Å². The van der Waals surface area contributed by atoms with E-state index >= 15 is 0 Å². The summed E-state index contributed by atoms with van der Waals surface area (Å²) in [5.74, 6) is 0.248. The number of nitrogens with zero attached hydrogens (tertiary/aromatic N) is 2. The molecular weight excluding hydrogens is 204 g/mol. The highest BCUT2D eigenvalue weighted by atomic mass is 16.3. The Bertz CT molecular complexity index is 251. The van der Waals surface area contributed by atoms with E-state index in [2.05, 4.69) is 4.90 Å². The topological polar surface area (TPSA) is 43.8 Å². The normalized spacial score (nSPS) is 28.6. The van der Waals surface area contributed by atoms with Crippen LogP contribution in [-0.4, -0.2) is 59.1 Å². The van der Waals surface area contributed by atoms with Gasteiger partial charge in [-0.05, 0) is 39.2 Å². The number of carbonyl (C=O) groups is 1. The van der Waals surface area contributed by atoms with Crippen molar-refractivity contribution in [3.05, 3.63) is 0 Å². The Morgan fingerprint density at radius 1 is 1.31 bits per heavy atom. The van der Waals surface area contributed by atoms with Crippen molar-refractivity contribution >= 4 is 5.91 Å². The van der Waals surface area contributed by atoms with Crippen molar-refractivity contribution in [2.24, 2.45) is 0 Å². The molecule has 2 saturated heterocycles. The molecule has 2 rings (SSSR count). The minimum absolute atomic E-state index is 0.0576. The first-order chi connectivity index (χ1) is 7.74. The fourth-order valence-electron chi connectivity index (χ4n) is 2.91. The van der Waals surface area contributed by atoms with Crippen LogP contribution in [0.3, 0.4) is 0 Å².